The molecule has 1 N–H and O–H groups in total. The van der Waals surface area contributed by atoms with E-state index in [1.54, 1.807) is 13.8 Å². The zero-order valence-electron chi connectivity index (χ0n) is 8.73. The predicted octanol–water partition coefficient (Wildman–Crippen LogP) is 2.03. The van der Waals surface area contributed by atoms with Gasteiger partial charge in [-0.2, -0.15) is 0 Å². The number of carboxylic acids is 1. The number of rotatable bonds is 3. The van der Waals surface area contributed by atoms with E-state index >= 15 is 0 Å². The Kier molecular flexibility index (Phi) is 5.88. The molecular weight excluding hydrogens is 243 g/mol. The Balaban J connectivity index is 0.00000196. The third-order valence-corrected chi connectivity index (χ3v) is 2.35. The summed E-state index contributed by atoms with van der Waals surface area (Å²) in [6.07, 6.45) is 0.115. The normalized spacial score (nSPS) is 29.3. The van der Waals surface area contributed by atoms with Crippen LogP contribution in [0.4, 0.5) is 0 Å². The molecule has 0 amide bonds. The summed E-state index contributed by atoms with van der Waals surface area (Å²) in [4.78, 5) is 10.5. The highest BCUT2D eigenvalue weighted by atomic mass is 35.5. The van der Waals surface area contributed by atoms with Crippen LogP contribution in [-0.4, -0.2) is 35.0 Å². The summed E-state index contributed by atoms with van der Waals surface area (Å²) in [5.74, 6) is -1.23. The van der Waals surface area contributed by atoms with Crippen LogP contribution in [0.15, 0.2) is 0 Å². The van der Waals surface area contributed by atoms with Crippen molar-refractivity contribution < 1.29 is 19.4 Å². The largest absolute Gasteiger partial charge is 0.481 e. The number of hydrogen-bond acceptors (Lipinski definition) is 3. The predicted molar refractivity (Wildman–Crippen MR) is 58.7 cm³/mol. The van der Waals surface area contributed by atoms with Crippen LogP contribution in [0.25, 0.3) is 0 Å². The first-order valence-corrected chi connectivity index (χ1v) is 5.10. The molecule has 15 heavy (non-hydrogen) atoms. The number of ether oxygens (including phenoxy) is 2. The molecule has 0 aromatic heterocycles. The number of halogens is 2. The van der Waals surface area contributed by atoms with Crippen molar-refractivity contribution in [2.24, 2.45) is 0 Å². The zero-order chi connectivity index (χ0) is 10.8. The highest BCUT2D eigenvalue weighted by Gasteiger charge is 2.35. The molecule has 1 saturated heterocycles. The van der Waals surface area contributed by atoms with Gasteiger partial charge in [0.1, 0.15) is 0 Å². The van der Waals surface area contributed by atoms with E-state index in [-0.39, 0.29) is 31.0 Å². The van der Waals surface area contributed by atoms with Gasteiger partial charge in [0.15, 0.2) is 5.79 Å². The SMILES string of the molecule is CC1(C)O[C@H](CCl)C[C@H](CC(=O)O)O1.Cl. The highest BCUT2D eigenvalue weighted by Crippen LogP contribution is 2.28. The van der Waals surface area contributed by atoms with E-state index in [2.05, 4.69) is 0 Å². The minimum Gasteiger partial charge on any atom is -0.481 e. The van der Waals surface area contributed by atoms with Crippen molar-refractivity contribution in [3.05, 3.63) is 0 Å². The van der Waals surface area contributed by atoms with Crippen LogP contribution >= 0.6 is 24.0 Å². The van der Waals surface area contributed by atoms with Crippen molar-refractivity contribution in [3.63, 3.8) is 0 Å². The minimum atomic E-state index is -0.860. The number of hydrogen-bond donors (Lipinski definition) is 1. The summed E-state index contributed by atoms with van der Waals surface area (Å²) < 4.78 is 10.9. The van der Waals surface area contributed by atoms with Crippen molar-refractivity contribution >= 4 is 30.0 Å². The molecule has 1 heterocycles. The lowest BCUT2D eigenvalue weighted by Crippen LogP contribution is -2.45. The second-order valence-corrected chi connectivity index (χ2v) is 4.18. The Morgan fingerprint density at radius 1 is 1.47 bits per heavy atom. The van der Waals surface area contributed by atoms with Gasteiger partial charge in [-0.15, -0.1) is 24.0 Å². The van der Waals surface area contributed by atoms with Crippen molar-refractivity contribution in [3.8, 4) is 0 Å². The smallest absolute Gasteiger partial charge is 0.305 e. The molecule has 0 spiro atoms. The van der Waals surface area contributed by atoms with Gasteiger partial charge in [0.25, 0.3) is 0 Å². The first-order valence-electron chi connectivity index (χ1n) is 4.56. The molecule has 0 radical (unpaired) electrons. The average Bonchev–Trinajstić information content (AvgIpc) is 1.99. The molecule has 1 aliphatic heterocycles. The van der Waals surface area contributed by atoms with Crippen LogP contribution in [0.2, 0.25) is 0 Å². The highest BCUT2D eigenvalue weighted by molar-refractivity contribution is 6.18. The summed E-state index contributed by atoms with van der Waals surface area (Å²) in [6, 6.07) is 0. The molecule has 0 saturated carbocycles. The molecule has 90 valence electrons. The van der Waals surface area contributed by atoms with Crippen molar-refractivity contribution in [1.82, 2.24) is 0 Å². The van der Waals surface area contributed by atoms with Gasteiger partial charge in [-0.25, -0.2) is 0 Å². The molecule has 0 bridgehead atoms. The Morgan fingerprint density at radius 2 is 2.00 bits per heavy atom. The van der Waals surface area contributed by atoms with Gasteiger partial charge in [0.05, 0.1) is 18.6 Å². The summed E-state index contributed by atoms with van der Waals surface area (Å²) in [6.45, 7) is 3.53. The van der Waals surface area contributed by atoms with Crippen LogP contribution in [0.1, 0.15) is 26.7 Å². The first kappa shape index (κ1) is 15.0. The van der Waals surface area contributed by atoms with Gasteiger partial charge in [-0.1, -0.05) is 0 Å². The van der Waals surface area contributed by atoms with Crippen LogP contribution in [-0.2, 0) is 14.3 Å². The fourth-order valence-electron chi connectivity index (χ4n) is 1.63. The second-order valence-electron chi connectivity index (χ2n) is 3.87. The van der Waals surface area contributed by atoms with Crippen molar-refractivity contribution in [2.75, 3.05) is 5.88 Å². The van der Waals surface area contributed by atoms with Gasteiger partial charge in [0, 0.05) is 12.3 Å². The maximum Gasteiger partial charge on any atom is 0.305 e. The molecule has 0 aliphatic carbocycles. The van der Waals surface area contributed by atoms with Gasteiger partial charge < -0.3 is 14.6 Å². The number of alkyl halides is 1. The molecule has 0 unspecified atom stereocenters. The lowest BCUT2D eigenvalue weighted by Gasteiger charge is -2.39. The fraction of sp³-hybridized carbons (Fsp3) is 0.889. The zero-order valence-corrected chi connectivity index (χ0v) is 10.3. The van der Waals surface area contributed by atoms with Gasteiger partial charge in [0.2, 0.25) is 0 Å². The molecular formula is C9H16Cl2O4. The van der Waals surface area contributed by atoms with Crippen LogP contribution in [0.5, 0.6) is 0 Å². The lowest BCUT2D eigenvalue weighted by atomic mass is 10.1. The maximum absolute atomic E-state index is 10.5. The molecule has 4 nitrogen and oxygen atoms in total. The Hall–Kier alpha value is -0.0300. The Labute approximate surface area is 100 Å². The van der Waals surface area contributed by atoms with Gasteiger partial charge in [-0.3, -0.25) is 4.79 Å². The van der Waals surface area contributed by atoms with Gasteiger partial charge >= 0.3 is 5.97 Å². The summed E-state index contributed by atoms with van der Waals surface area (Å²) >= 11 is 5.68. The van der Waals surface area contributed by atoms with Crippen molar-refractivity contribution in [1.29, 1.82) is 0 Å². The molecule has 2 atom stereocenters. The van der Waals surface area contributed by atoms with Crippen LogP contribution in [0, 0.1) is 0 Å². The van der Waals surface area contributed by atoms with Crippen LogP contribution < -0.4 is 0 Å². The van der Waals surface area contributed by atoms with Gasteiger partial charge in [-0.05, 0) is 13.8 Å². The molecule has 0 aromatic carbocycles. The van der Waals surface area contributed by atoms with E-state index in [1.165, 1.54) is 0 Å². The number of aliphatic carboxylic acids is 1. The fourth-order valence-corrected chi connectivity index (χ4v) is 1.82. The standard InChI is InChI=1S/C9H15ClO4.ClH/c1-9(2)13-6(4-8(11)12)3-7(5-10)14-9;/h6-7H,3-5H2,1-2H3,(H,11,12);1H/t6-,7+;/m1./s1. The Bertz CT molecular complexity index is 220. The average molecular weight is 259 g/mol. The molecule has 6 heteroatoms. The van der Waals surface area contributed by atoms with E-state index in [0.717, 1.165) is 0 Å². The topological polar surface area (TPSA) is 55.8 Å². The van der Waals surface area contributed by atoms with E-state index in [0.29, 0.717) is 12.3 Å². The Morgan fingerprint density at radius 3 is 2.47 bits per heavy atom. The van der Waals surface area contributed by atoms with E-state index in [1.807, 2.05) is 0 Å². The van der Waals surface area contributed by atoms with E-state index < -0.39 is 11.8 Å². The van der Waals surface area contributed by atoms with E-state index in [4.69, 9.17) is 26.2 Å². The molecule has 1 rings (SSSR count). The second kappa shape index (κ2) is 5.89. The van der Waals surface area contributed by atoms with Crippen molar-refractivity contribution in [2.45, 2.75) is 44.7 Å². The molecule has 1 aliphatic rings. The summed E-state index contributed by atoms with van der Waals surface area (Å²) in [5.41, 5.74) is 0. The number of carboxylic acid groups (broad SMARTS) is 1. The number of carbonyl (C=O) groups is 1. The summed E-state index contributed by atoms with van der Waals surface area (Å²) in [7, 11) is 0. The minimum absolute atomic E-state index is 0. The third kappa shape index (κ3) is 5.02. The summed E-state index contributed by atoms with van der Waals surface area (Å²) in [5, 5.41) is 8.64. The quantitative estimate of drug-likeness (QED) is 0.788. The maximum atomic E-state index is 10.5. The molecule has 1 fully saturated rings. The lowest BCUT2D eigenvalue weighted by molar-refractivity contribution is -0.295. The molecule has 0 aromatic rings. The third-order valence-electron chi connectivity index (χ3n) is 2.00. The monoisotopic (exact) mass is 258 g/mol. The van der Waals surface area contributed by atoms with Crippen LogP contribution in [0.3, 0.4) is 0 Å². The first-order chi connectivity index (χ1) is 6.43. The van der Waals surface area contributed by atoms with E-state index in [9.17, 15) is 4.79 Å².